The van der Waals surface area contributed by atoms with Crippen LogP contribution in [0.2, 0.25) is 5.02 Å². The molecule has 0 spiro atoms. The number of amidine groups is 1. The maximum absolute atomic E-state index is 12.8. The molecular formula is C27H23ClN2O5S. The van der Waals surface area contributed by atoms with Crippen LogP contribution in [0, 0.1) is 0 Å². The molecule has 1 saturated heterocycles. The largest absolute Gasteiger partial charge is 0.493 e. The summed E-state index contributed by atoms with van der Waals surface area (Å²) in [6, 6.07) is 19.6. The number of esters is 1. The molecule has 1 aliphatic heterocycles. The Morgan fingerprint density at radius 1 is 1.03 bits per heavy atom. The molecule has 0 bridgehead atoms. The van der Waals surface area contributed by atoms with Gasteiger partial charge in [-0.15, -0.1) is 0 Å². The van der Waals surface area contributed by atoms with Gasteiger partial charge in [0.05, 0.1) is 30.4 Å². The van der Waals surface area contributed by atoms with Gasteiger partial charge in [-0.3, -0.25) is 9.69 Å². The van der Waals surface area contributed by atoms with E-state index in [9.17, 15) is 9.59 Å². The number of methoxy groups -OCH3 is 2. The van der Waals surface area contributed by atoms with Crippen LogP contribution in [0.15, 0.2) is 76.6 Å². The Kier molecular flexibility index (Phi) is 7.97. The number of hydrogen-bond acceptors (Lipinski definition) is 7. The molecule has 0 radical (unpaired) electrons. The van der Waals surface area contributed by atoms with Crippen LogP contribution in [-0.4, -0.2) is 43.2 Å². The number of hydrogen-bond donors (Lipinski definition) is 0. The fourth-order valence-corrected chi connectivity index (χ4v) is 4.45. The molecule has 36 heavy (non-hydrogen) atoms. The molecule has 0 aliphatic carbocycles. The van der Waals surface area contributed by atoms with Crippen molar-refractivity contribution in [3.05, 3.63) is 93.3 Å². The van der Waals surface area contributed by atoms with Crippen molar-refractivity contribution in [3.8, 4) is 11.5 Å². The number of rotatable bonds is 7. The first-order valence-corrected chi connectivity index (χ1v) is 12.1. The van der Waals surface area contributed by atoms with E-state index in [2.05, 4.69) is 4.99 Å². The van der Waals surface area contributed by atoms with Gasteiger partial charge in [0.15, 0.2) is 16.7 Å². The summed E-state index contributed by atoms with van der Waals surface area (Å²) in [6.45, 7) is 0.369. The SMILES string of the molecule is COC(=O)c1ccc(N=C2SC(=Cc3ccc(OCc4ccc(Cl)cc4)c(OC)c3)C(=O)N2C)cc1. The summed E-state index contributed by atoms with van der Waals surface area (Å²) >= 11 is 7.21. The Labute approximate surface area is 218 Å². The Morgan fingerprint density at radius 2 is 1.75 bits per heavy atom. The van der Waals surface area contributed by atoms with E-state index in [-0.39, 0.29) is 5.91 Å². The molecule has 184 valence electrons. The third-order valence-electron chi connectivity index (χ3n) is 5.31. The fourth-order valence-electron chi connectivity index (χ4n) is 3.34. The van der Waals surface area contributed by atoms with Crippen molar-refractivity contribution in [1.29, 1.82) is 0 Å². The molecule has 3 aromatic rings. The third-order valence-corrected chi connectivity index (χ3v) is 6.62. The van der Waals surface area contributed by atoms with Crippen molar-refractivity contribution in [2.75, 3.05) is 21.3 Å². The highest BCUT2D eigenvalue weighted by molar-refractivity contribution is 8.18. The zero-order valence-electron chi connectivity index (χ0n) is 19.9. The summed E-state index contributed by atoms with van der Waals surface area (Å²) in [5, 5.41) is 1.20. The quantitative estimate of drug-likeness (QED) is 0.282. The minimum Gasteiger partial charge on any atom is -0.493 e. The molecule has 1 fully saturated rings. The standard InChI is InChI=1S/C27H23ClN2O5S/c1-30-25(31)24(36-27(30)29-21-11-7-19(8-12-21)26(32)34-3)15-18-6-13-22(23(14-18)33-2)35-16-17-4-9-20(28)10-5-17/h4-15H,16H2,1-3H3. The van der Waals surface area contributed by atoms with Crippen molar-refractivity contribution in [2.45, 2.75) is 6.61 Å². The zero-order chi connectivity index (χ0) is 25.7. The van der Waals surface area contributed by atoms with Gasteiger partial charge in [-0.2, -0.15) is 0 Å². The van der Waals surface area contributed by atoms with Gasteiger partial charge in [-0.1, -0.05) is 29.8 Å². The molecule has 1 amide bonds. The lowest BCUT2D eigenvalue weighted by Crippen LogP contribution is -2.23. The summed E-state index contributed by atoms with van der Waals surface area (Å²) in [4.78, 5) is 31.0. The second-order valence-electron chi connectivity index (χ2n) is 7.73. The molecular weight excluding hydrogens is 500 g/mol. The lowest BCUT2D eigenvalue weighted by molar-refractivity contribution is -0.121. The molecule has 1 heterocycles. The van der Waals surface area contributed by atoms with E-state index >= 15 is 0 Å². The molecule has 1 aliphatic rings. The number of nitrogens with zero attached hydrogens (tertiary/aromatic N) is 2. The minimum absolute atomic E-state index is 0.160. The van der Waals surface area contributed by atoms with Crippen LogP contribution in [-0.2, 0) is 16.1 Å². The van der Waals surface area contributed by atoms with Gasteiger partial charge in [0.25, 0.3) is 5.91 Å². The number of thioether (sulfide) groups is 1. The van der Waals surface area contributed by atoms with Crippen molar-refractivity contribution in [3.63, 3.8) is 0 Å². The number of carbonyl (C=O) groups excluding carboxylic acids is 2. The second kappa shape index (κ2) is 11.3. The molecule has 4 rings (SSSR count). The number of aliphatic imine (C=N–C) groups is 1. The van der Waals surface area contributed by atoms with Gasteiger partial charge in [0.2, 0.25) is 0 Å². The molecule has 0 saturated carbocycles. The van der Waals surface area contributed by atoms with Gasteiger partial charge in [-0.05, 0) is 77.5 Å². The number of likely N-dealkylation sites (N-methyl/N-ethyl adjacent to an activating group) is 1. The van der Waals surface area contributed by atoms with Crippen molar-refractivity contribution in [2.24, 2.45) is 4.99 Å². The zero-order valence-corrected chi connectivity index (χ0v) is 21.4. The van der Waals surface area contributed by atoms with E-state index in [1.165, 1.54) is 23.8 Å². The maximum atomic E-state index is 12.8. The average Bonchev–Trinajstić information content (AvgIpc) is 3.16. The molecule has 9 heteroatoms. The smallest absolute Gasteiger partial charge is 0.337 e. The summed E-state index contributed by atoms with van der Waals surface area (Å²) in [5.74, 6) is 0.572. The Hall–Kier alpha value is -3.75. The Bertz CT molecular complexity index is 1340. The predicted molar refractivity (Wildman–Crippen MR) is 142 cm³/mol. The molecule has 0 unspecified atom stereocenters. The van der Waals surface area contributed by atoms with E-state index in [0.717, 1.165) is 11.1 Å². The fraction of sp³-hybridized carbons (Fsp3) is 0.148. The van der Waals surface area contributed by atoms with Crippen molar-refractivity contribution in [1.82, 2.24) is 4.90 Å². The molecule has 0 atom stereocenters. The van der Waals surface area contributed by atoms with Gasteiger partial charge < -0.3 is 14.2 Å². The minimum atomic E-state index is -0.418. The van der Waals surface area contributed by atoms with E-state index in [1.807, 2.05) is 42.5 Å². The predicted octanol–water partition coefficient (Wildman–Crippen LogP) is 5.95. The van der Waals surface area contributed by atoms with Crippen LogP contribution < -0.4 is 9.47 Å². The van der Waals surface area contributed by atoms with Crippen LogP contribution >= 0.6 is 23.4 Å². The van der Waals surface area contributed by atoms with Crippen LogP contribution in [0.5, 0.6) is 11.5 Å². The Morgan fingerprint density at radius 3 is 2.42 bits per heavy atom. The average molecular weight is 523 g/mol. The molecule has 0 N–H and O–H groups in total. The van der Waals surface area contributed by atoms with E-state index in [1.54, 1.807) is 44.5 Å². The van der Waals surface area contributed by atoms with Gasteiger partial charge >= 0.3 is 5.97 Å². The molecule has 0 aromatic heterocycles. The summed E-state index contributed by atoms with van der Waals surface area (Å²) in [5.41, 5.74) is 2.82. The first-order valence-electron chi connectivity index (χ1n) is 10.9. The topological polar surface area (TPSA) is 77.4 Å². The highest BCUT2D eigenvalue weighted by Crippen LogP contribution is 2.35. The Balaban J connectivity index is 1.49. The van der Waals surface area contributed by atoms with Gasteiger partial charge in [0.1, 0.15) is 6.61 Å². The number of halogens is 1. The van der Waals surface area contributed by atoms with Crippen LogP contribution in [0.25, 0.3) is 6.08 Å². The van der Waals surface area contributed by atoms with Gasteiger partial charge in [-0.25, -0.2) is 9.79 Å². The highest BCUT2D eigenvalue weighted by Gasteiger charge is 2.30. The summed E-state index contributed by atoms with van der Waals surface area (Å²) in [6.07, 6.45) is 1.79. The third kappa shape index (κ3) is 5.90. The van der Waals surface area contributed by atoms with Crippen LogP contribution in [0.1, 0.15) is 21.5 Å². The van der Waals surface area contributed by atoms with Crippen LogP contribution in [0.4, 0.5) is 5.69 Å². The van der Waals surface area contributed by atoms with Crippen molar-refractivity contribution < 1.29 is 23.8 Å². The molecule has 3 aromatic carbocycles. The van der Waals surface area contributed by atoms with E-state index < -0.39 is 5.97 Å². The number of benzene rings is 3. The summed E-state index contributed by atoms with van der Waals surface area (Å²) < 4.78 is 16.1. The number of ether oxygens (including phenoxy) is 3. The lowest BCUT2D eigenvalue weighted by Gasteiger charge is -2.11. The number of carbonyl (C=O) groups is 2. The molecule has 7 nitrogen and oxygen atoms in total. The monoisotopic (exact) mass is 522 g/mol. The van der Waals surface area contributed by atoms with E-state index in [4.69, 9.17) is 25.8 Å². The number of amides is 1. The highest BCUT2D eigenvalue weighted by atomic mass is 35.5. The first kappa shape index (κ1) is 25.3. The van der Waals surface area contributed by atoms with Gasteiger partial charge in [0, 0.05) is 12.1 Å². The second-order valence-corrected chi connectivity index (χ2v) is 9.18. The normalized spacial score (nSPS) is 15.4. The first-order chi connectivity index (χ1) is 17.4. The van der Waals surface area contributed by atoms with E-state index in [0.29, 0.717) is 44.5 Å². The summed E-state index contributed by atoms with van der Waals surface area (Å²) in [7, 11) is 4.57. The van der Waals surface area contributed by atoms with Crippen molar-refractivity contribution >= 4 is 52.2 Å². The van der Waals surface area contributed by atoms with Crippen LogP contribution in [0.3, 0.4) is 0 Å². The maximum Gasteiger partial charge on any atom is 0.337 e. The lowest BCUT2D eigenvalue weighted by atomic mass is 10.2.